The number of amides is 4. The van der Waals surface area contributed by atoms with Crippen LogP contribution in [0.25, 0.3) is 89.7 Å². The number of nitrogens with one attached hydrogen (secondary N) is 6. The van der Waals surface area contributed by atoms with Gasteiger partial charge in [-0.1, -0.05) is 48.5 Å². The largest absolute Gasteiger partial charge is 0.457 e. The fraction of sp³-hybridized carbons (Fsp3) is 0.444. The Morgan fingerprint density at radius 2 is 0.461 bits per heavy atom. The molecule has 6 N–H and O–H groups in total. The molecule has 24 bridgehead atoms. The average molecular weight is 1700 g/mol. The highest BCUT2D eigenvalue weighted by Crippen LogP contribution is 2.66. The van der Waals surface area contributed by atoms with Gasteiger partial charge in [-0.05, 0) is 390 Å². The molecule has 29 rings (SSSR count). The van der Waals surface area contributed by atoms with Crippen LogP contribution in [0.4, 0.5) is 0 Å². The van der Waals surface area contributed by atoms with E-state index in [1.165, 1.54) is 154 Å². The molecule has 128 heavy (non-hydrogen) atoms. The molecular formula is C108H110N12O8. The van der Waals surface area contributed by atoms with E-state index in [1.807, 2.05) is 170 Å². The summed E-state index contributed by atoms with van der Waals surface area (Å²) in [6.07, 6.45) is 33.2. The van der Waals surface area contributed by atoms with Crippen LogP contribution in [0.15, 0.2) is 170 Å². The number of aromatic nitrogens is 8. The van der Waals surface area contributed by atoms with Crippen molar-refractivity contribution in [2.24, 2.45) is 92.7 Å². The Morgan fingerprint density at radius 3 is 0.711 bits per heavy atom. The van der Waals surface area contributed by atoms with Crippen LogP contribution in [-0.4, -0.2) is 63.5 Å². The molecule has 20 nitrogen and oxygen atoms in total. The summed E-state index contributed by atoms with van der Waals surface area (Å²) < 4.78 is 26.9. The maximum absolute atomic E-state index is 13.7. The first-order valence-corrected chi connectivity index (χ1v) is 48.0. The second-order valence-corrected chi connectivity index (χ2v) is 42.9. The van der Waals surface area contributed by atoms with Crippen molar-refractivity contribution in [3.05, 3.63) is 192 Å². The Kier molecular flexibility index (Phi) is 19.0. The summed E-state index contributed by atoms with van der Waals surface area (Å²) in [6, 6.07) is 55.2. The third kappa shape index (κ3) is 15.4. The normalized spacial score (nSPS) is 28.7. The first kappa shape index (κ1) is 78.5. The lowest BCUT2D eigenvalue weighted by Crippen LogP contribution is -2.47. The number of hydrogen-bond donors (Lipinski definition) is 6. The summed E-state index contributed by atoms with van der Waals surface area (Å²) in [7, 11) is 0. The molecule has 18 aliphatic rings. The lowest BCUT2D eigenvalue weighted by Gasteiger charge is -2.56. The third-order valence-electron chi connectivity index (χ3n) is 33.1. The molecule has 11 aromatic rings. The van der Waals surface area contributed by atoms with Gasteiger partial charge in [-0.15, -0.1) is 0 Å². The highest BCUT2D eigenvalue weighted by atomic mass is 16.5. The summed E-state index contributed by atoms with van der Waals surface area (Å²) in [4.78, 5) is 94.5. The van der Waals surface area contributed by atoms with Gasteiger partial charge in [-0.3, -0.25) is 19.2 Å². The molecule has 0 atom stereocenters. The van der Waals surface area contributed by atoms with Crippen LogP contribution in [0.5, 0.6) is 46.0 Å². The number of nitrogens with zero attached hydrogens (tertiary/aromatic N) is 6. The zero-order valence-corrected chi connectivity index (χ0v) is 72.7. The van der Waals surface area contributed by atoms with E-state index in [1.54, 1.807) is 0 Å². The summed E-state index contributed by atoms with van der Waals surface area (Å²) in [5.41, 5.74) is 9.32. The van der Waals surface area contributed by atoms with E-state index in [2.05, 4.69) is 31.2 Å². The van der Waals surface area contributed by atoms with Gasteiger partial charge in [0, 0.05) is 95.7 Å². The quantitative estimate of drug-likeness (QED) is 0.0329. The molecule has 16 aliphatic carbocycles. The van der Waals surface area contributed by atoms with Crippen molar-refractivity contribution in [1.29, 1.82) is 0 Å². The Bertz CT molecular complexity index is 5960. The first-order valence-electron chi connectivity index (χ1n) is 48.0. The smallest absolute Gasteiger partial charge is 0.220 e. The number of H-pyrrole nitrogens is 2. The molecule has 3 aromatic heterocycles. The molecule has 0 radical (unpaired) electrons. The first-order chi connectivity index (χ1) is 62.4. The van der Waals surface area contributed by atoms with E-state index < -0.39 is 0 Å². The van der Waals surface area contributed by atoms with Gasteiger partial charge in [0.15, 0.2) is 23.3 Å². The fourth-order valence-corrected chi connectivity index (χ4v) is 29.7. The van der Waals surface area contributed by atoms with Crippen molar-refractivity contribution >= 4 is 67.8 Å². The van der Waals surface area contributed by atoms with Crippen molar-refractivity contribution in [3.63, 3.8) is 0 Å². The Labute approximate surface area is 745 Å². The van der Waals surface area contributed by atoms with Gasteiger partial charge in [0.1, 0.15) is 68.6 Å². The summed E-state index contributed by atoms with van der Waals surface area (Å²) >= 11 is 0. The summed E-state index contributed by atoms with van der Waals surface area (Å²) in [6.45, 7) is 1.78. The van der Waals surface area contributed by atoms with Crippen LogP contribution < -0.4 is 40.2 Å². The number of ether oxygens (including phenoxy) is 4. The second-order valence-electron chi connectivity index (χ2n) is 42.9. The fourth-order valence-electron chi connectivity index (χ4n) is 29.7. The number of benzene rings is 8. The Hall–Kier alpha value is -11.8. The van der Waals surface area contributed by atoms with Crippen molar-refractivity contribution in [1.82, 2.24) is 61.1 Å². The number of rotatable bonds is 24. The van der Waals surface area contributed by atoms with Crippen LogP contribution in [0.1, 0.15) is 202 Å². The van der Waals surface area contributed by atoms with Crippen molar-refractivity contribution in [3.8, 4) is 91.5 Å². The zero-order chi connectivity index (χ0) is 85.1. The minimum absolute atomic E-state index is 0.146. The van der Waals surface area contributed by atoms with Gasteiger partial charge in [-0.2, -0.15) is 0 Å². The van der Waals surface area contributed by atoms with Gasteiger partial charge < -0.3 is 50.2 Å². The predicted octanol–water partition coefficient (Wildman–Crippen LogP) is 22.9. The lowest BCUT2D eigenvalue weighted by atomic mass is 9.49. The van der Waals surface area contributed by atoms with Crippen LogP contribution in [-0.2, 0) is 45.4 Å². The number of hydrogen-bond acceptors (Lipinski definition) is 14. The van der Waals surface area contributed by atoms with Gasteiger partial charge in [0.2, 0.25) is 23.6 Å². The number of carbonyl (C=O) groups excluding carboxylic acids is 4. The lowest BCUT2D eigenvalue weighted by molar-refractivity contribution is -0.130. The monoisotopic (exact) mass is 1700 g/mol. The van der Waals surface area contributed by atoms with Crippen molar-refractivity contribution in [2.75, 3.05) is 0 Å². The predicted molar refractivity (Wildman–Crippen MR) is 490 cm³/mol. The molecule has 20 heteroatoms. The summed E-state index contributed by atoms with van der Waals surface area (Å²) in [5, 5.41) is 16.0. The molecular weight excluding hydrogens is 1590 g/mol. The number of carbonyl (C=O) groups is 4. The zero-order valence-electron chi connectivity index (χ0n) is 72.7. The minimum atomic E-state index is 0.146. The molecule has 16 fully saturated rings. The topological polar surface area (TPSA) is 262 Å². The molecule has 0 saturated heterocycles. The molecule has 4 amide bonds. The van der Waals surface area contributed by atoms with E-state index in [9.17, 15) is 19.2 Å². The molecule has 0 spiro atoms. The molecule has 16 saturated carbocycles. The van der Waals surface area contributed by atoms with Gasteiger partial charge in [0.05, 0.1) is 0 Å². The van der Waals surface area contributed by atoms with Crippen LogP contribution in [0, 0.1) is 92.7 Å². The van der Waals surface area contributed by atoms with Crippen LogP contribution in [0.3, 0.4) is 0 Å². The third-order valence-corrected chi connectivity index (χ3v) is 33.1. The maximum atomic E-state index is 13.7. The maximum Gasteiger partial charge on any atom is 0.220 e. The van der Waals surface area contributed by atoms with Crippen molar-refractivity contribution < 1.29 is 38.1 Å². The standard InChI is InChI=1S/C108H110N12O8/c121-93(53-105-41-65-25-66(42-105)27-67(26-65)43-105)109-57-61-1-9-77(10-2-61)125-81-17-21-85-89(37-81)101-113-97(85)118-102-91-39-83(127-79-13-5-63(6-14-79)59-111-95(123)55-107-47-71-31-72(48-107)33-73(32-71)49-107)19-23-87(91)99(115-102)120-104-92-40-84(128-80-15-7-64(8-16-80)60-112-96(124)56-108-50-74-34-75(51-108)36-76(35-74)52-108)20-24-88(92)100(116-104)119-103-90-38-82(18-22-86(90)98(114-103)117-101)126-78-11-3-62(4-12-78)58-110-94(122)54-106-44-68-28-69(45-106)30-70(29-68)46-106/h1-24,37-40,65-76H,25-36,41-60H2,(H,109,121)(H,110,122)(H,111,123)(H,112,124)(H2,113,114,115,116,117,118,119,120). The van der Waals surface area contributed by atoms with E-state index >= 15 is 0 Å². The van der Waals surface area contributed by atoms with E-state index in [4.69, 9.17) is 48.9 Å². The van der Waals surface area contributed by atoms with Crippen molar-refractivity contribution in [2.45, 2.75) is 206 Å². The Morgan fingerprint density at radius 1 is 0.250 bits per heavy atom. The van der Waals surface area contributed by atoms with Crippen LogP contribution >= 0.6 is 0 Å². The second kappa shape index (κ2) is 31.0. The number of aromatic amines is 2. The highest BCUT2D eigenvalue weighted by molar-refractivity contribution is 6.07. The van der Waals surface area contributed by atoms with E-state index in [0.717, 1.165) is 104 Å². The van der Waals surface area contributed by atoms with E-state index in [0.29, 0.717) is 177 Å². The minimum Gasteiger partial charge on any atom is -0.457 e. The Balaban J connectivity index is 0.543. The molecule has 8 aromatic carbocycles. The van der Waals surface area contributed by atoms with Gasteiger partial charge >= 0.3 is 0 Å². The SMILES string of the molecule is O=C(CC12CC3CC(CC(C3)C1)C2)NCc1ccc(Oc2ccc3c(c2)-c2nc-3nc3[nH]c(nc4nc(nc5[nH]c(n2)c2ccc(Oc6ccc(CNC(=O)CC78CC9CC(CC(C9)C7)C8)cc6)cc52)-c2ccc(Oc5ccc(CNC(=O)CC67CC8CC(CC(C8)C6)C7)cc5)cc2-4)c2ccc(Oc4ccc(CNC(=O)CC56CC7CC(CC(C7)C5)C6)cc4)cc32)cc1. The number of fused-ring (bicyclic) bond motifs is 20. The van der Waals surface area contributed by atoms with Gasteiger partial charge in [0.25, 0.3) is 0 Å². The molecule has 5 heterocycles. The average Bonchev–Trinajstić information content (AvgIpc) is 1.05. The molecule has 2 aliphatic heterocycles. The van der Waals surface area contributed by atoms with Crippen LogP contribution in [0.2, 0.25) is 0 Å². The summed E-state index contributed by atoms with van der Waals surface area (Å²) in [5.74, 6) is 16.4. The molecule has 650 valence electrons. The molecule has 0 unspecified atom stereocenters. The van der Waals surface area contributed by atoms with Gasteiger partial charge in [-0.25, -0.2) is 29.9 Å². The van der Waals surface area contributed by atoms with E-state index in [-0.39, 0.29) is 45.3 Å². The highest BCUT2D eigenvalue weighted by Gasteiger charge is 2.56.